The van der Waals surface area contributed by atoms with Crippen molar-refractivity contribution < 1.29 is 18.7 Å². The number of benzene rings is 2. The van der Waals surface area contributed by atoms with E-state index in [0.717, 1.165) is 11.3 Å². The van der Waals surface area contributed by atoms with Crippen molar-refractivity contribution in [2.24, 2.45) is 0 Å². The van der Waals surface area contributed by atoms with E-state index in [1.54, 1.807) is 18.0 Å². The number of amides is 2. The van der Waals surface area contributed by atoms with E-state index in [-0.39, 0.29) is 24.2 Å². The van der Waals surface area contributed by atoms with Gasteiger partial charge >= 0.3 is 0 Å². The van der Waals surface area contributed by atoms with E-state index in [2.05, 4.69) is 5.32 Å². The van der Waals surface area contributed by atoms with Gasteiger partial charge < -0.3 is 15.0 Å². The van der Waals surface area contributed by atoms with Crippen LogP contribution in [0.4, 0.5) is 15.8 Å². The molecule has 0 saturated carbocycles. The van der Waals surface area contributed by atoms with Gasteiger partial charge in [-0.1, -0.05) is 0 Å². The zero-order chi connectivity index (χ0) is 17.1. The van der Waals surface area contributed by atoms with Crippen molar-refractivity contribution in [3.05, 3.63) is 53.8 Å². The van der Waals surface area contributed by atoms with Gasteiger partial charge in [0.15, 0.2) is 6.61 Å². The van der Waals surface area contributed by atoms with E-state index in [1.165, 1.54) is 24.3 Å². The molecule has 2 amide bonds. The van der Waals surface area contributed by atoms with Gasteiger partial charge in [0, 0.05) is 24.8 Å². The topological polar surface area (TPSA) is 58.6 Å². The van der Waals surface area contributed by atoms with Crippen LogP contribution in [0.3, 0.4) is 0 Å². The van der Waals surface area contributed by atoms with E-state index < -0.39 is 0 Å². The third-order valence-corrected chi connectivity index (χ3v) is 3.89. The molecule has 124 valence electrons. The van der Waals surface area contributed by atoms with Gasteiger partial charge in [0.25, 0.3) is 5.91 Å². The molecule has 5 nitrogen and oxygen atoms in total. The zero-order valence-corrected chi connectivity index (χ0v) is 13.2. The molecule has 0 bridgehead atoms. The predicted octanol–water partition coefficient (Wildman–Crippen LogP) is 2.75. The summed E-state index contributed by atoms with van der Waals surface area (Å²) in [7, 11) is 1.75. The van der Waals surface area contributed by atoms with Crippen molar-refractivity contribution in [1.29, 1.82) is 0 Å². The van der Waals surface area contributed by atoms with Crippen molar-refractivity contribution in [3.63, 3.8) is 0 Å². The lowest BCUT2D eigenvalue weighted by Gasteiger charge is -2.26. The van der Waals surface area contributed by atoms with Crippen LogP contribution in [-0.2, 0) is 16.0 Å². The Morgan fingerprint density at radius 3 is 2.71 bits per heavy atom. The first-order valence-electron chi connectivity index (χ1n) is 7.60. The highest BCUT2D eigenvalue weighted by Crippen LogP contribution is 2.29. The average Bonchev–Trinajstić information content (AvgIpc) is 2.58. The minimum atomic E-state index is -0.357. The van der Waals surface area contributed by atoms with Crippen molar-refractivity contribution in [3.8, 4) is 5.75 Å². The second-order valence-corrected chi connectivity index (χ2v) is 5.59. The summed E-state index contributed by atoms with van der Waals surface area (Å²) in [4.78, 5) is 25.3. The van der Waals surface area contributed by atoms with E-state index >= 15 is 0 Å². The fraction of sp³-hybridized carbons (Fsp3) is 0.222. The lowest BCUT2D eigenvalue weighted by molar-refractivity contribution is -0.119. The van der Waals surface area contributed by atoms with Gasteiger partial charge in [-0.05, 0) is 54.4 Å². The third kappa shape index (κ3) is 3.53. The minimum Gasteiger partial charge on any atom is -0.484 e. The molecule has 0 spiro atoms. The van der Waals surface area contributed by atoms with Gasteiger partial charge in [-0.25, -0.2) is 4.39 Å². The molecular weight excluding hydrogens is 311 g/mol. The second-order valence-electron chi connectivity index (χ2n) is 5.59. The summed E-state index contributed by atoms with van der Waals surface area (Å²) in [5, 5.41) is 2.76. The van der Waals surface area contributed by atoms with Crippen LogP contribution in [0.5, 0.6) is 5.75 Å². The van der Waals surface area contributed by atoms with E-state index in [1.807, 2.05) is 12.1 Å². The number of aryl methyl sites for hydroxylation is 1. The lowest BCUT2D eigenvalue weighted by Crippen LogP contribution is -2.31. The molecule has 0 aromatic heterocycles. The standard InChI is InChI=1S/C18H17FN2O3/c1-21-16-8-5-14(10-12(16)2-9-18(21)23)20-17(22)11-24-15-6-3-13(19)4-7-15/h3-8,10H,2,9,11H2,1H3,(H,20,22). The third-order valence-electron chi connectivity index (χ3n) is 3.89. The van der Waals surface area contributed by atoms with Crippen LogP contribution in [-0.4, -0.2) is 25.5 Å². The number of nitrogens with zero attached hydrogens (tertiary/aromatic N) is 1. The van der Waals surface area contributed by atoms with Gasteiger partial charge in [0.05, 0.1) is 0 Å². The number of nitrogens with one attached hydrogen (secondary N) is 1. The number of fused-ring (bicyclic) bond motifs is 1. The van der Waals surface area contributed by atoms with Crippen molar-refractivity contribution in [2.45, 2.75) is 12.8 Å². The Balaban J connectivity index is 1.60. The maximum atomic E-state index is 12.8. The first kappa shape index (κ1) is 16.0. The van der Waals surface area contributed by atoms with Crippen LogP contribution >= 0.6 is 0 Å². The highest BCUT2D eigenvalue weighted by Gasteiger charge is 2.21. The summed E-state index contributed by atoms with van der Waals surface area (Å²) in [5.74, 6) is -0.145. The average molecular weight is 328 g/mol. The van der Waals surface area contributed by atoms with Crippen molar-refractivity contribution in [1.82, 2.24) is 0 Å². The maximum Gasteiger partial charge on any atom is 0.262 e. The number of carbonyl (C=O) groups excluding carboxylic acids is 2. The molecule has 1 heterocycles. The Morgan fingerprint density at radius 1 is 1.21 bits per heavy atom. The molecule has 0 atom stereocenters. The monoisotopic (exact) mass is 328 g/mol. The van der Waals surface area contributed by atoms with Crippen molar-refractivity contribution in [2.75, 3.05) is 23.9 Å². The molecule has 0 radical (unpaired) electrons. The fourth-order valence-corrected chi connectivity index (χ4v) is 2.61. The number of ether oxygens (including phenoxy) is 1. The van der Waals surface area contributed by atoms with Crippen LogP contribution in [0.1, 0.15) is 12.0 Å². The summed E-state index contributed by atoms with van der Waals surface area (Å²) in [6, 6.07) is 10.9. The summed E-state index contributed by atoms with van der Waals surface area (Å²) in [6.45, 7) is -0.166. The molecular formula is C18H17FN2O3. The van der Waals surface area contributed by atoms with Crippen LogP contribution in [0.25, 0.3) is 0 Å². The van der Waals surface area contributed by atoms with Crippen LogP contribution in [0, 0.1) is 5.82 Å². The largest absolute Gasteiger partial charge is 0.484 e. The molecule has 0 unspecified atom stereocenters. The van der Waals surface area contributed by atoms with E-state index in [4.69, 9.17) is 4.74 Å². The van der Waals surface area contributed by atoms with Gasteiger partial charge in [0.2, 0.25) is 5.91 Å². The molecule has 0 aliphatic carbocycles. The maximum absolute atomic E-state index is 12.8. The first-order chi connectivity index (χ1) is 11.5. The fourth-order valence-electron chi connectivity index (χ4n) is 2.61. The predicted molar refractivity (Wildman–Crippen MR) is 88.7 cm³/mol. The number of anilines is 2. The number of carbonyl (C=O) groups is 2. The van der Waals surface area contributed by atoms with Crippen LogP contribution in [0.15, 0.2) is 42.5 Å². The number of rotatable bonds is 4. The Kier molecular flexibility index (Phi) is 4.46. The summed E-state index contributed by atoms with van der Waals surface area (Å²) < 4.78 is 18.1. The minimum absolute atomic E-state index is 0.0898. The summed E-state index contributed by atoms with van der Waals surface area (Å²) in [6.07, 6.45) is 1.13. The van der Waals surface area contributed by atoms with E-state index in [9.17, 15) is 14.0 Å². The van der Waals surface area contributed by atoms with Gasteiger partial charge in [0.1, 0.15) is 11.6 Å². The van der Waals surface area contributed by atoms with Gasteiger partial charge in [-0.3, -0.25) is 9.59 Å². The zero-order valence-electron chi connectivity index (χ0n) is 13.2. The highest BCUT2D eigenvalue weighted by atomic mass is 19.1. The van der Waals surface area contributed by atoms with Crippen molar-refractivity contribution >= 4 is 23.2 Å². The number of hydrogen-bond donors (Lipinski definition) is 1. The molecule has 1 aliphatic heterocycles. The Hall–Kier alpha value is -2.89. The molecule has 1 N–H and O–H groups in total. The molecule has 0 saturated heterocycles. The highest BCUT2D eigenvalue weighted by molar-refractivity contribution is 5.97. The second kappa shape index (κ2) is 6.70. The Labute approximate surface area is 139 Å². The lowest BCUT2D eigenvalue weighted by atomic mass is 10.0. The van der Waals surface area contributed by atoms with Gasteiger partial charge in [-0.2, -0.15) is 0 Å². The molecule has 0 fully saturated rings. The number of hydrogen-bond acceptors (Lipinski definition) is 3. The SMILES string of the molecule is CN1C(=O)CCc2cc(NC(=O)COc3ccc(F)cc3)ccc21. The van der Waals surface area contributed by atoms with Gasteiger partial charge in [-0.15, -0.1) is 0 Å². The molecule has 2 aromatic rings. The molecule has 6 heteroatoms. The van der Waals surface area contributed by atoms with Crippen LogP contribution in [0.2, 0.25) is 0 Å². The molecule has 24 heavy (non-hydrogen) atoms. The molecule has 1 aliphatic rings. The quantitative estimate of drug-likeness (QED) is 0.939. The van der Waals surface area contributed by atoms with Crippen LogP contribution < -0.4 is 15.0 Å². The Morgan fingerprint density at radius 2 is 1.96 bits per heavy atom. The molecule has 2 aromatic carbocycles. The first-order valence-corrected chi connectivity index (χ1v) is 7.60. The molecule has 3 rings (SSSR count). The van der Waals surface area contributed by atoms with E-state index in [0.29, 0.717) is 24.3 Å². The summed E-state index contributed by atoms with van der Waals surface area (Å²) in [5.41, 5.74) is 2.55. The smallest absolute Gasteiger partial charge is 0.262 e. The summed E-state index contributed by atoms with van der Waals surface area (Å²) >= 11 is 0. The number of halogens is 1. The normalized spacial score (nSPS) is 13.4. The Bertz CT molecular complexity index is 774.